The topological polar surface area (TPSA) is 12.0 Å². The first-order valence-corrected chi connectivity index (χ1v) is 5.82. The lowest BCUT2D eigenvalue weighted by Crippen LogP contribution is -2.55. The van der Waals surface area contributed by atoms with Crippen molar-refractivity contribution in [1.29, 1.82) is 0 Å². The molecule has 1 N–H and O–H groups in total. The molecule has 1 saturated carbocycles. The van der Waals surface area contributed by atoms with Crippen LogP contribution in [0.1, 0.15) is 53.4 Å². The Morgan fingerprint density at radius 2 is 1.77 bits per heavy atom. The zero-order valence-corrected chi connectivity index (χ0v) is 9.69. The van der Waals surface area contributed by atoms with Crippen molar-refractivity contribution in [3.05, 3.63) is 0 Å². The summed E-state index contributed by atoms with van der Waals surface area (Å²) < 4.78 is 0. The van der Waals surface area contributed by atoms with Crippen molar-refractivity contribution in [2.75, 3.05) is 6.54 Å². The summed E-state index contributed by atoms with van der Waals surface area (Å²) in [5.41, 5.74) is 0.509. The summed E-state index contributed by atoms with van der Waals surface area (Å²) >= 11 is 0. The second-order valence-corrected chi connectivity index (χ2v) is 5.27. The van der Waals surface area contributed by atoms with Crippen molar-refractivity contribution in [1.82, 2.24) is 5.32 Å². The first-order valence-electron chi connectivity index (χ1n) is 5.82. The Morgan fingerprint density at radius 3 is 2.08 bits per heavy atom. The zero-order chi connectivity index (χ0) is 9.90. The molecule has 0 aromatic heterocycles. The van der Waals surface area contributed by atoms with E-state index in [9.17, 15) is 0 Å². The van der Waals surface area contributed by atoms with Crippen LogP contribution in [0.25, 0.3) is 0 Å². The van der Waals surface area contributed by atoms with Gasteiger partial charge in [-0.05, 0) is 44.1 Å². The molecule has 0 spiro atoms. The van der Waals surface area contributed by atoms with Gasteiger partial charge in [0.25, 0.3) is 0 Å². The molecule has 1 heteroatoms. The quantitative estimate of drug-likeness (QED) is 0.690. The second kappa shape index (κ2) is 4.45. The van der Waals surface area contributed by atoms with E-state index in [1.54, 1.807) is 0 Å². The minimum absolute atomic E-state index is 0.509. The fourth-order valence-electron chi connectivity index (χ4n) is 2.13. The average molecular weight is 183 g/mol. The molecule has 0 aromatic rings. The first-order chi connectivity index (χ1) is 6.07. The SMILES string of the molecule is CC(C)CCNC1(C(C)C)CCC1. The molecule has 1 aliphatic rings. The van der Waals surface area contributed by atoms with Crippen LogP contribution in [0, 0.1) is 11.8 Å². The highest BCUT2D eigenvalue weighted by molar-refractivity contribution is 4.98. The van der Waals surface area contributed by atoms with Crippen LogP contribution < -0.4 is 5.32 Å². The fourth-order valence-corrected chi connectivity index (χ4v) is 2.13. The lowest BCUT2D eigenvalue weighted by atomic mass is 9.69. The normalized spacial score (nSPS) is 20.8. The molecule has 0 saturated heterocycles. The van der Waals surface area contributed by atoms with Crippen molar-refractivity contribution >= 4 is 0 Å². The second-order valence-electron chi connectivity index (χ2n) is 5.27. The molecule has 0 bridgehead atoms. The molecule has 0 unspecified atom stereocenters. The van der Waals surface area contributed by atoms with Crippen LogP contribution in [-0.2, 0) is 0 Å². The highest BCUT2D eigenvalue weighted by atomic mass is 15.0. The van der Waals surface area contributed by atoms with Crippen LogP contribution in [0.15, 0.2) is 0 Å². The van der Waals surface area contributed by atoms with E-state index in [1.807, 2.05) is 0 Å². The molecule has 0 heterocycles. The first kappa shape index (κ1) is 11.0. The third-order valence-corrected chi connectivity index (χ3v) is 3.55. The summed E-state index contributed by atoms with van der Waals surface area (Å²) in [5.74, 6) is 1.63. The molecule has 0 radical (unpaired) electrons. The lowest BCUT2D eigenvalue weighted by Gasteiger charge is -2.46. The van der Waals surface area contributed by atoms with E-state index >= 15 is 0 Å². The van der Waals surface area contributed by atoms with Crippen LogP contribution >= 0.6 is 0 Å². The van der Waals surface area contributed by atoms with Gasteiger partial charge in [0.1, 0.15) is 0 Å². The van der Waals surface area contributed by atoms with Crippen molar-refractivity contribution in [2.45, 2.75) is 58.9 Å². The van der Waals surface area contributed by atoms with Crippen LogP contribution in [0.2, 0.25) is 0 Å². The van der Waals surface area contributed by atoms with Gasteiger partial charge in [0.2, 0.25) is 0 Å². The van der Waals surface area contributed by atoms with Crippen LogP contribution in [0.5, 0.6) is 0 Å². The van der Waals surface area contributed by atoms with E-state index in [-0.39, 0.29) is 0 Å². The van der Waals surface area contributed by atoms with Crippen molar-refractivity contribution < 1.29 is 0 Å². The predicted octanol–water partition coefficient (Wildman–Crippen LogP) is 3.20. The van der Waals surface area contributed by atoms with Crippen molar-refractivity contribution in [2.24, 2.45) is 11.8 Å². The van der Waals surface area contributed by atoms with Crippen LogP contribution in [0.3, 0.4) is 0 Å². The standard InChI is InChI=1S/C12H25N/c1-10(2)6-9-13-12(11(3)4)7-5-8-12/h10-11,13H,5-9H2,1-4H3. The van der Waals surface area contributed by atoms with E-state index in [4.69, 9.17) is 0 Å². The number of hydrogen-bond acceptors (Lipinski definition) is 1. The van der Waals surface area contributed by atoms with E-state index in [0.29, 0.717) is 5.54 Å². The van der Waals surface area contributed by atoms with E-state index < -0.39 is 0 Å². The number of rotatable bonds is 5. The largest absolute Gasteiger partial charge is 0.311 e. The van der Waals surface area contributed by atoms with E-state index in [2.05, 4.69) is 33.0 Å². The van der Waals surface area contributed by atoms with Gasteiger partial charge in [-0.2, -0.15) is 0 Å². The summed E-state index contributed by atoms with van der Waals surface area (Å²) in [5, 5.41) is 3.76. The fraction of sp³-hybridized carbons (Fsp3) is 1.00. The van der Waals surface area contributed by atoms with E-state index in [1.165, 1.54) is 32.2 Å². The summed E-state index contributed by atoms with van der Waals surface area (Å²) in [6.07, 6.45) is 5.52. The van der Waals surface area contributed by atoms with Gasteiger partial charge >= 0.3 is 0 Å². The van der Waals surface area contributed by atoms with E-state index in [0.717, 1.165) is 11.8 Å². The Morgan fingerprint density at radius 1 is 1.15 bits per heavy atom. The Bertz CT molecular complexity index is 145. The smallest absolute Gasteiger partial charge is 0.0204 e. The zero-order valence-electron chi connectivity index (χ0n) is 9.69. The molecule has 1 fully saturated rings. The van der Waals surface area contributed by atoms with Gasteiger partial charge in [0, 0.05) is 5.54 Å². The molecule has 0 amide bonds. The maximum atomic E-state index is 3.76. The van der Waals surface area contributed by atoms with Gasteiger partial charge in [-0.3, -0.25) is 0 Å². The third kappa shape index (κ3) is 2.70. The average Bonchev–Trinajstić information content (AvgIpc) is 1.93. The Hall–Kier alpha value is -0.0400. The van der Waals surface area contributed by atoms with Crippen molar-refractivity contribution in [3.63, 3.8) is 0 Å². The Kier molecular flexibility index (Phi) is 3.78. The minimum Gasteiger partial charge on any atom is -0.311 e. The summed E-state index contributed by atoms with van der Waals surface area (Å²) in [6, 6.07) is 0. The van der Waals surface area contributed by atoms with Gasteiger partial charge in [-0.25, -0.2) is 0 Å². The molecular formula is C12H25N. The highest BCUT2D eigenvalue weighted by Gasteiger charge is 2.38. The molecule has 13 heavy (non-hydrogen) atoms. The molecular weight excluding hydrogens is 158 g/mol. The van der Waals surface area contributed by atoms with Crippen molar-refractivity contribution in [3.8, 4) is 0 Å². The maximum Gasteiger partial charge on any atom is 0.0204 e. The van der Waals surface area contributed by atoms with Crippen LogP contribution in [-0.4, -0.2) is 12.1 Å². The van der Waals surface area contributed by atoms with Gasteiger partial charge < -0.3 is 5.32 Å². The van der Waals surface area contributed by atoms with Gasteiger partial charge in [-0.1, -0.05) is 27.7 Å². The monoisotopic (exact) mass is 183 g/mol. The van der Waals surface area contributed by atoms with Gasteiger partial charge in [-0.15, -0.1) is 0 Å². The number of nitrogens with one attached hydrogen (secondary N) is 1. The third-order valence-electron chi connectivity index (χ3n) is 3.55. The Balaban J connectivity index is 2.24. The van der Waals surface area contributed by atoms with Crippen LogP contribution in [0.4, 0.5) is 0 Å². The van der Waals surface area contributed by atoms with Gasteiger partial charge in [0.05, 0.1) is 0 Å². The summed E-state index contributed by atoms with van der Waals surface area (Å²) in [7, 11) is 0. The molecule has 1 aliphatic carbocycles. The molecule has 0 aliphatic heterocycles. The molecule has 1 nitrogen and oxygen atoms in total. The summed E-state index contributed by atoms with van der Waals surface area (Å²) in [6.45, 7) is 10.5. The van der Waals surface area contributed by atoms with Gasteiger partial charge in [0.15, 0.2) is 0 Å². The Labute approximate surface area is 83.3 Å². The highest BCUT2D eigenvalue weighted by Crippen LogP contribution is 2.38. The molecule has 0 atom stereocenters. The lowest BCUT2D eigenvalue weighted by molar-refractivity contribution is 0.121. The number of hydrogen-bond donors (Lipinski definition) is 1. The molecule has 1 rings (SSSR count). The predicted molar refractivity (Wildman–Crippen MR) is 58.9 cm³/mol. The maximum absolute atomic E-state index is 3.76. The summed E-state index contributed by atoms with van der Waals surface area (Å²) in [4.78, 5) is 0. The minimum atomic E-state index is 0.509. The molecule has 0 aromatic carbocycles. The molecule has 78 valence electrons.